The van der Waals surface area contributed by atoms with Crippen molar-refractivity contribution in [2.45, 2.75) is 22.8 Å². The van der Waals surface area contributed by atoms with Crippen LogP contribution in [-0.2, 0) is 16.7 Å². The van der Waals surface area contributed by atoms with Crippen LogP contribution in [0.15, 0.2) is 103 Å². The number of rotatable bonds is 4. The largest absolute Gasteiger partial charge is 0.473 e. The second-order valence-corrected chi connectivity index (χ2v) is 7.67. The first-order valence-electron chi connectivity index (χ1n) is 9.84. The van der Waals surface area contributed by atoms with Gasteiger partial charge in [0, 0.05) is 0 Å². The van der Waals surface area contributed by atoms with E-state index in [1.165, 1.54) is 54.6 Å². The Kier molecular flexibility index (Phi) is 5.47. The standard InChI is InChI=1S/C24H18BF5O2/c26-19-20(27)22(25(31)32,16-10-4-1-5-11-16)24(30,18-14-8-3-9-15-18)23(29,21(19)28)17-12-6-2-7-13-17/h1-15,21,31-32H. The molecule has 2 nitrogen and oxygen atoms in total. The fraction of sp³-hybridized carbons (Fsp3) is 0.167. The molecular weight excluding hydrogens is 426 g/mol. The molecule has 32 heavy (non-hydrogen) atoms. The van der Waals surface area contributed by atoms with E-state index in [0.29, 0.717) is 0 Å². The highest BCUT2D eigenvalue weighted by atomic mass is 19.2. The molecule has 3 aromatic carbocycles. The van der Waals surface area contributed by atoms with E-state index in [0.717, 1.165) is 36.4 Å². The molecule has 0 bridgehead atoms. The second kappa shape index (κ2) is 7.87. The monoisotopic (exact) mass is 444 g/mol. The summed E-state index contributed by atoms with van der Waals surface area (Å²) in [6.07, 6.45) is -3.40. The number of hydrogen-bond donors (Lipinski definition) is 2. The third kappa shape index (κ3) is 2.66. The maximum Gasteiger partial charge on any atom is 0.473 e. The Morgan fingerprint density at radius 1 is 0.656 bits per heavy atom. The minimum Gasteiger partial charge on any atom is -0.426 e. The Bertz CT molecular complexity index is 1130. The van der Waals surface area contributed by atoms with E-state index >= 15 is 22.0 Å². The summed E-state index contributed by atoms with van der Waals surface area (Å²) in [6.45, 7) is 0. The van der Waals surface area contributed by atoms with Gasteiger partial charge >= 0.3 is 7.12 Å². The van der Waals surface area contributed by atoms with Gasteiger partial charge in [-0.1, -0.05) is 91.0 Å². The average molecular weight is 444 g/mol. The van der Waals surface area contributed by atoms with Crippen LogP contribution in [0, 0.1) is 0 Å². The molecule has 0 radical (unpaired) electrons. The van der Waals surface area contributed by atoms with E-state index < -0.39 is 58.3 Å². The molecule has 1 aliphatic carbocycles. The summed E-state index contributed by atoms with van der Waals surface area (Å²) >= 11 is 0. The molecule has 4 atom stereocenters. The van der Waals surface area contributed by atoms with E-state index in [1.54, 1.807) is 0 Å². The molecule has 0 heterocycles. The van der Waals surface area contributed by atoms with Crippen molar-refractivity contribution >= 4 is 7.12 Å². The molecular formula is C24H18BF5O2. The highest BCUT2D eigenvalue weighted by molar-refractivity contribution is 6.47. The van der Waals surface area contributed by atoms with Gasteiger partial charge in [0.25, 0.3) is 0 Å². The van der Waals surface area contributed by atoms with Crippen molar-refractivity contribution in [1.82, 2.24) is 0 Å². The minimum absolute atomic E-state index is 0.473. The molecule has 0 aliphatic heterocycles. The summed E-state index contributed by atoms with van der Waals surface area (Å²) < 4.78 is 80.7. The van der Waals surface area contributed by atoms with Crippen LogP contribution in [0.1, 0.15) is 16.7 Å². The zero-order valence-electron chi connectivity index (χ0n) is 16.6. The highest BCUT2D eigenvalue weighted by Crippen LogP contribution is 2.67. The summed E-state index contributed by atoms with van der Waals surface area (Å²) in [5.41, 5.74) is -9.37. The van der Waals surface area contributed by atoms with Crippen molar-refractivity contribution in [3.63, 3.8) is 0 Å². The highest BCUT2D eigenvalue weighted by Gasteiger charge is 2.80. The van der Waals surface area contributed by atoms with E-state index in [4.69, 9.17) is 0 Å². The van der Waals surface area contributed by atoms with Crippen molar-refractivity contribution in [3.05, 3.63) is 119 Å². The minimum atomic E-state index is -3.87. The summed E-state index contributed by atoms with van der Waals surface area (Å²) in [6, 6.07) is 18.7. The lowest BCUT2D eigenvalue weighted by Crippen LogP contribution is -2.69. The number of hydrogen-bond acceptors (Lipinski definition) is 2. The summed E-state index contributed by atoms with van der Waals surface area (Å²) in [5.74, 6) is -4.36. The van der Waals surface area contributed by atoms with Crippen molar-refractivity contribution in [3.8, 4) is 0 Å². The molecule has 0 spiro atoms. The Morgan fingerprint density at radius 3 is 1.50 bits per heavy atom. The molecule has 0 saturated carbocycles. The SMILES string of the molecule is OB(O)C1(c2ccccc2)C(F)=C(F)C(F)C(F)(c2ccccc2)C1(F)c1ccccc1. The van der Waals surface area contributed by atoms with E-state index in [2.05, 4.69) is 0 Å². The molecule has 2 N–H and O–H groups in total. The summed E-state index contributed by atoms with van der Waals surface area (Å²) in [4.78, 5) is 0. The molecule has 0 fully saturated rings. The molecule has 8 heteroatoms. The van der Waals surface area contributed by atoms with Crippen LogP contribution in [0.25, 0.3) is 0 Å². The van der Waals surface area contributed by atoms with Crippen molar-refractivity contribution in [1.29, 1.82) is 0 Å². The fourth-order valence-corrected chi connectivity index (χ4v) is 4.69. The second-order valence-electron chi connectivity index (χ2n) is 7.67. The normalized spacial score (nSPS) is 30.3. The first kappa shape index (κ1) is 22.2. The molecule has 0 saturated heterocycles. The predicted octanol–water partition coefficient (Wildman–Crippen LogP) is 5.17. The van der Waals surface area contributed by atoms with Crippen molar-refractivity contribution in [2.24, 2.45) is 0 Å². The van der Waals surface area contributed by atoms with Crippen LogP contribution in [0.4, 0.5) is 22.0 Å². The lowest BCUT2D eigenvalue weighted by Gasteiger charge is -2.54. The Balaban J connectivity index is 2.24. The third-order valence-electron chi connectivity index (χ3n) is 6.15. The molecule has 1 aliphatic rings. The quantitative estimate of drug-likeness (QED) is 0.431. The van der Waals surface area contributed by atoms with Crippen LogP contribution in [0.3, 0.4) is 0 Å². The van der Waals surface area contributed by atoms with Crippen LogP contribution in [-0.4, -0.2) is 23.3 Å². The Morgan fingerprint density at radius 2 is 1.06 bits per heavy atom. The summed E-state index contributed by atoms with van der Waals surface area (Å²) in [7, 11) is -2.98. The van der Waals surface area contributed by atoms with E-state index in [9.17, 15) is 10.0 Å². The maximum absolute atomic E-state index is 17.6. The molecule has 164 valence electrons. The first-order chi connectivity index (χ1) is 15.2. The van der Waals surface area contributed by atoms with Crippen LogP contribution in [0.5, 0.6) is 0 Å². The van der Waals surface area contributed by atoms with Crippen LogP contribution in [0.2, 0.25) is 0 Å². The van der Waals surface area contributed by atoms with Gasteiger partial charge < -0.3 is 10.0 Å². The maximum atomic E-state index is 17.6. The van der Waals surface area contributed by atoms with Gasteiger partial charge in [0.1, 0.15) is 11.1 Å². The zero-order valence-corrected chi connectivity index (χ0v) is 16.6. The van der Waals surface area contributed by atoms with Gasteiger partial charge in [0.2, 0.25) is 5.67 Å². The average Bonchev–Trinajstić information content (AvgIpc) is 2.83. The molecule has 0 aromatic heterocycles. The predicted molar refractivity (Wildman–Crippen MR) is 111 cm³/mol. The number of halogens is 5. The number of benzene rings is 3. The Hall–Kier alpha value is -2.97. The topological polar surface area (TPSA) is 40.5 Å². The number of alkyl halides is 3. The van der Waals surface area contributed by atoms with Crippen molar-refractivity contribution < 1.29 is 32.0 Å². The molecule has 4 rings (SSSR count). The smallest absolute Gasteiger partial charge is 0.426 e. The van der Waals surface area contributed by atoms with Gasteiger partial charge in [-0.25, -0.2) is 22.0 Å². The summed E-state index contributed by atoms with van der Waals surface area (Å²) in [5, 5.41) is 17.5. The van der Waals surface area contributed by atoms with Gasteiger partial charge in [0.15, 0.2) is 17.7 Å². The lowest BCUT2D eigenvalue weighted by molar-refractivity contribution is -0.140. The molecule has 3 aromatic rings. The third-order valence-corrected chi connectivity index (χ3v) is 6.15. The van der Waals surface area contributed by atoms with Crippen LogP contribution < -0.4 is 0 Å². The lowest BCUT2D eigenvalue weighted by atomic mass is 9.40. The molecule has 0 amide bonds. The first-order valence-corrected chi connectivity index (χ1v) is 9.84. The van der Waals surface area contributed by atoms with Gasteiger partial charge in [-0.2, -0.15) is 0 Å². The van der Waals surface area contributed by atoms with Crippen molar-refractivity contribution in [2.75, 3.05) is 0 Å². The fourth-order valence-electron chi connectivity index (χ4n) is 4.69. The van der Waals surface area contributed by atoms with E-state index in [1.807, 2.05) is 0 Å². The van der Waals surface area contributed by atoms with Gasteiger partial charge in [-0.3, -0.25) is 0 Å². The van der Waals surface area contributed by atoms with Crippen LogP contribution >= 0.6 is 0 Å². The number of allylic oxidation sites excluding steroid dienone is 2. The van der Waals surface area contributed by atoms with E-state index in [-0.39, 0.29) is 0 Å². The van der Waals surface area contributed by atoms with Gasteiger partial charge in [-0.15, -0.1) is 0 Å². The van der Waals surface area contributed by atoms with Gasteiger partial charge in [-0.05, 0) is 16.7 Å². The molecule has 4 unspecified atom stereocenters. The van der Waals surface area contributed by atoms with Gasteiger partial charge in [0.05, 0.1) is 0 Å². The zero-order chi connectivity index (χ0) is 23.1. The Labute approximate surface area is 181 Å².